The highest BCUT2D eigenvalue weighted by Gasteiger charge is 2.66. The molecular formula is C47H45ClN8O9S. The van der Waals surface area contributed by atoms with Crippen molar-refractivity contribution in [1.29, 1.82) is 0 Å². The van der Waals surface area contributed by atoms with Crippen LogP contribution in [0.2, 0.25) is 5.02 Å². The molecular weight excluding hydrogens is 888 g/mol. The van der Waals surface area contributed by atoms with Gasteiger partial charge >= 0.3 is 11.4 Å². The Morgan fingerprint density at radius 1 is 0.955 bits per heavy atom. The Bertz CT molecular complexity index is 3400. The van der Waals surface area contributed by atoms with Gasteiger partial charge in [-0.1, -0.05) is 29.8 Å². The zero-order valence-corrected chi connectivity index (χ0v) is 38.5. The third-order valence-corrected chi connectivity index (χ3v) is 15.2. The number of aromatic nitrogens is 7. The smallest absolute Gasteiger partial charge is 0.347 e. The first-order chi connectivity index (χ1) is 31.7. The van der Waals surface area contributed by atoms with Crippen molar-refractivity contribution in [3.8, 4) is 27.8 Å². The molecule has 4 unspecified atom stereocenters. The molecule has 4 aromatic heterocycles. The number of hydrogen-bond acceptors (Lipinski definition) is 12. The Hall–Kier alpha value is -6.76. The first kappa shape index (κ1) is 43.1. The number of carbonyl (C=O) groups excluding carboxylic acids is 2. The zero-order chi connectivity index (χ0) is 46.5. The fourth-order valence-electron chi connectivity index (χ4n) is 10.3. The molecule has 0 spiro atoms. The topological polar surface area (TPSA) is 187 Å². The molecule has 3 aliphatic rings. The molecule has 2 amide bonds. The minimum absolute atomic E-state index is 0.0239. The Kier molecular flexibility index (Phi) is 10.5. The minimum atomic E-state index is -1.33. The molecule has 1 N–H and O–H groups in total. The van der Waals surface area contributed by atoms with E-state index in [1.54, 1.807) is 60.4 Å². The second kappa shape index (κ2) is 16.0. The average molecular weight is 933 g/mol. The van der Waals surface area contributed by atoms with Gasteiger partial charge in [-0.2, -0.15) is 5.10 Å². The maximum atomic E-state index is 15.3. The van der Waals surface area contributed by atoms with Crippen molar-refractivity contribution in [1.82, 2.24) is 33.3 Å². The highest BCUT2D eigenvalue weighted by Crippen LogP contribution is 2.61. The normalized spacial score (nSPS) is 20.2. The molecule has 3 aromatic carbocycles. The van der Waals surface area contributed by atoms with Gasteiger partial charge in [0.25, 0.3) is 5.56 Å². The molecule has 17 nitrogen and oxygen atoms in total. The predicted octanol–water partition coefficient (Wildman–Crippen LogP) is 5.13. The number of thiophene rings is 1. The van der Waals surface area contributed by atoms with Gasteiger partial charge < -0.3 is 23.9 Å². The van der Waals surface area contributed by atoms with E-state index in [4.69, 9.17) is 30.9 Å². The third-order valence-electron chi connectivity index (χ3n) is 13.6. The van der Waals surface area contributed by atoms with Crippen molar-refractivity contribution in [2.75, 3.05) is 32.3 Å². The molecule has 2 fully saturated rings. The van der Waals surface area contributed by atoms with Crippen molar-refractivity contribution >= 4 is 61.7 Å². The molecule has 7 aromatic rings. The SMILES string of the molecule is COc1cc2nc(CCn3c(=O)n4n(c3=O)C3CC5C(=O)N(c6cc(-c7sc8ccc(Cl)cc8c7C)nn6C)C(=O)C5(C)C(c5ccc(OCCO)cc5)C3=CC4)c(=O)n(C)c2cc1OC. The number of aliphatic hydroxyl groups is 1. The lowest BCUT2D eigenvalue weighted by atomic mass is 9.56. The number of imide groups is 1. The van der Waals surface area contributed by atoms with Crippen LogP contribution in [0, 0.1) is 18.3 Å². The van der Waals surface area contributed by atoms with Crippen LogP contribution in [-0.2, 0) is 43.2 Å². The number of anilines is 1. The Morgan fingerprint density at radius 3 is 2.42 bits per heavy atom. The monoisotopic (exact) mass is 932 g/mol. The van der Waals surface area contributed by atoms with Crippen molar-refractivity contribution in [2.45, 2.75) is 51.7 Å². The second-order valence-electron chi connectivity index (χ2n) is 17.1. The summed E-state index contributed by atoms with van der Waals surface area (Å²) in [5, 5.41) is 15.8. The largest absolute Gasteiger partial charge is 0.493 e. The van der Waals surface area contributed by atoms with Crippen LogP contribution in [0.5, 0.6) is 17.2 Å². The lowest BCUT2D eigenvalue weighted by Gasteiger charge is -2.47. The number of aliphatic hydroxyl groups excluding tert-OH is 1. The number of fused-ring (bicyclic) bond motifs is 6. The number of allylic oxidation sites excluding steroid dienone is 2. The number of amides is 2. The minimum Gasteiger partial charge on any atom is -0.493 e. The molecule has 19 heteroatoms. The summed E-state index contributed by atoms with van der Waals surface area (Å²) in [5.41, 5.74) is 1.23. The number of hydrogen-bond donors (Lipinski definition) is 1. The van der Waals surface area contributed by atoms with E-state index in [2.05, 4.69) is 4.98 Å². The molecule has 0 bridgehead atoms. The number of carbonyl (C=O) groups is 2. The number of halogens is 1. The van der Waals surface area contributed by atoms with Gasteiger partial charge in [0.1, 0.15) is 29.6 Å². The van der Waals surface area contributed by atoms with E-state index in [9.17, 15) is 19.5 Å². The summed E-state index contributed by atoms with van der Waals surface area (Å²) in [6, 6.07) is 17.2. The number of ether oxygens (including phenoxy) is 3. The molecule has 1 saturated carbocycles. The summed E-state index contributed by atoms with van der Waals surface area (Å²) in [6.07, 6.45) is 1.91. The molecule has 2 aliphatic heterocycles. The summed E-state index contributed by atoms with van der Waals surface area (Å²) in [5.74, 6) is -0.816. The lowest BCUT2D eigenvalue weighted by molar-refractivity contribution is -0.129. The van der Waals surface area contributed by atoms with Gasteiger partial charge in [-0.25, -0.2) is 33.4 Å². The fourth-order valence-corrected chi connectivity index (χ4v) is 11.7. The number of methoxy groups -OCH3 is 2. The standard InChI is InChI=1S/C47H45ClN8O9S/c1-24-29-19-26(48)9-12-38(29)66-41(24)33-22-39(52(4)50-33)55-42(58)30-20-34-28(40(47(30,2)44(55)60)25-7-10-27(11-8-25)65-18-17-57)13-16-54-45(61)53(46(62)56(34)54)15-14-31-43(59)51(3)35-23-37(64-6)36(63-5)21-32(35)49-31/h7-13,19,21-23,30,34,40,57H,14-18,20H2,1-6H3. The van der Waals surface area contributed by atoms with E-state index in [1.165, 1.54) is 33.1 Å². The van der Waals surface area contributed by atoms with Crippen LogP contribution in [0.15, 0.2) is 86.7 Å². The maximum Gasteiger partial charge on any atom is 0.347 e. The summed E-state index contributed by atoms with van der Waals surface area (Å²) in [4.78, 5) is 79.5. The van der Waals surface area contributed by atoms with Gasteiger partial charge in [0, 0.05) is 60.9 Å². The fraction of sp³-hybridized carbons (Fsp3) is 0.340. The quantitative estimate of drug-likeness (QED) is 0.134. The van der Waals surface area contributed by atoms with E-state index < -0.39 is 52.0 Å². The summed E-state index contributed by atoms with van der Waals surface area (Å²) in [7, 11) is 6.31. The third kappa shape index (κ3) is 6.40. The summed E-state index contributed by atoms with van der Waals surface area (Å²) >= 11 is 7.89. The Morgan fingerprint density at radius 2 is 1.70 bits per heavy atom. The van der Waals surface area contributed by atoms with E-state index >= 15 is 9.59 Å². The number of aryl methyl sites for hydroxylation is 4. The first-order valence-electron chi connectivity index (χ1n) is 21.4. The van der Waals surface area contributed by atoms with Crippen LogP contribution in [0.25, 0.3) is 31.7 Å². The van der Waals surface area contributed by atoms with E-state index in [1.807, 2.05) is 50.3 Å². The first-order valence-corrected chi connectivity index (χ1v) is 22.6. The molecule has 1 saturated heterocycles. The molecule has 0 radical (unpaired) electrons. The number of rotatable bonds is 11. The van der Waals surface area contributed by atoms with Gasteiger partial charge in [-0.15, -0.1) is 11.3 Å². The van der Waals surface area contributed by atoms with Gasteiger partial charge in [0.05, 0.1) is 60.7 Å². The molecule has 6 heterocycles. The van der Waals surface area contributed by atoms with Crippen molar-refractivity contribution in [3.63, 3.8) is 0 Å². The Balaban J connectivity index is 1.04. The van der Waals surface area contributed by atoms with Crippen LogP contribution in [0.3, 0.4) is 0 Å². The lowest BCUT2D eigenvalue weighted by Crippen LogP contribution is -2.49. The van der Waals surface area contributed by atoms with Gasteiger partial charge in [-0.3, -0.25) is 19.1 Å². The van der Waals surface area contributed by atoms with Crippen molar-refractivity contribution in [3.05, 3.63) is 125 Å². The average Bonchev–Trinajstić information content (AvgIpc) is 3.98. The van der Waals surface area contributed by atoms with Crippen LogP contribution in [0.1, 0.15) is 42.1 Å². The van der Waals surface area contributed by atoms with Crippen molar-refractivity contribution < 1.29 is 28.9 Å². The van der Waals surface area contributed by atoms with Crippen molar-refractivity contribution in [2.24, 2.45) is 25.4 Å². The van der Waals surface area contributed by atoms with Crippen LogP contribution < -0.4 is 36.0 Å². The molecule has 66 heavy (non-hydrogen) atoms. The van der Waals surface area contributed by atoms with Gasteiger partial charge in [0.15, 0.2) is 11.5 Å². The second-order valence-corrected chi connectivity index (χ2v) is 18.6. The molecule has 1 aliphatic carbocycles. The van der Waals surface area contributed by atoms with E-state index in [-0.39, 0.29) is 44.8 Å². The molecule has 10 rings (SSSR count). The van der Waals surface area contributed by atoms with Crippen LogP contribution in [-0.4, -0.2) is 77.6 Å². The van der Waals surface area contributed by atoms with Crippen LogP contribution >= 0.6 is 22.9 Å². The summed E-state index contributed by atoms with van der Waals surface area (Å²) < 4.78 is 24.4. The summed E-state index contributed by atoms with van der Waals surface area (Å²) in [6.45, 7) is 3.60. The predicted molar refractivity (Wildman–Crippen MR) is 248 cm³/mol. The van der Waals surface area contributed by atoms with E-state index in [0.717, 1.165) is 30.7 Å². The van der Waals surface area contributed by atoms with Gasteiger partial charge in [-0.05, 0) is 72.7 Å². The van der Waals surface area contributed by atoms with Gasteiger partial charge in [0.2, 0.25) is 11.8 Å². The number of benzene rings is 3. The Labute approximate surface area is 385 Å². The molecule has 340 valence electrons. The molecule has 4 atom stereocenters. The highest BCUT2D eigenvalue weighted by atomic mass is 35.5. The zero-order valence-electron chi connectivity index (χ0n) is 36.9. The van der Waals surface area contributed by atoms with E-state index in [0.29, 0.717) is 50.4 Å². The highest BCUT2D eigenvalue weighted by molar-refractivity contribution is 7.22. The van der Waals surface area contributed by atoms with Crippen LogP contribution in [0.4, 0.5) is 5.82 Å². The number of nitrogens with zero attached hydrogens (tertiary/aromatic N) is 8. The maximum absolute atomic E-state index is 15.3.